The fraction of sp³-hybridized carbons (Fsp3) is 0. The molecule has 1 aromatic carbocycles. The summed E-state index contributed by atoms with van der Waals surface area (Å²) in [5, 5.41) is 0. The molecule has 1 rings (SSSR count). The first-order chi connectivity index (χ1) is 3.93. The quantitative estimate of drug-likeness (QED) is 0.682. The molecule has 0 aliphatic carbocycles. The van der Waals surface area contributed by atoms with E-state index in [-0.39, 0.29) is 0 Å². The summed E-state index contributed by atoms with van der Waals surface area (Å²) in [4.78, 5) is 0. The van der Waals surface area contributed by atoms with Gasteiger partial charge in [-0.15, -0.1) is 0 Å². The summed E-state index contributed by atoms with van der Waals surface area (Å²) in [6, 6.07) is 10.2. The van der Waals surface area contributed by atoms with Gasteiger partial charge in [-0.05, 0) is 0 Å². The molecule has 0 fully saturated rings. The van der Waals surface area contributed by atoms with E-state index < -0.39 is 0 Å². The minimum atomic E-state index is 1.08. The molecule has 0 aliphatic rings. The molecule has 1 nitrogen and oxygen atoms in total. The summed E-state index contributed by atoms with van der Waals surface area (Å²) in [5.74, 6) is 0. The molecule has 2 radical (unpaired) electrons. The van der Waals surface area contributed by atoms with Gasteiger partial charge in [-0.2, -0.15) is 0 Å². The number of anilines is 1. The van der Waals surface area contributed by atoms with Crippen LogP contribution in [0.4, 0.5) is 5.69 Å². The first-order valence-corrected chi connectivity index (χ1v) is 4.10. The second-order valence-electron chi connectivity index (χ2n) is 1.51. The summed E-state index contributed by atoms with van der Waals surface area (Å²) in [6.45, 7) is 0. The Bertz CT molecular complexity index is 150. The number of hydrogen-bond acceptors (Lipinski definition) is 1. The molecule has 2 heteroatoms. The topological polar surface area (TPSA) is 12.0 Å². The van der Waals surface area contributed by atoms with Crippen LogP contribution in [0.3, 0.4) is 0 Å². The van der Waals surface area contributed by atoms with Gasteiger partial charge >= 0.3 is 62.4 Å². The summed E-state index contributed by atoms with van der Waals surface area (Å²) in [6.07, 6.45) is 0. The standard InChI is InChI=1S/C6H6N.Sn.H/c7-6-4-2-1-3-5-6;;/h1-5,7H;;/q-1;+1;. The molecule has 1 aromatic rings. The Labute approximate surface area is 62.5 Å². The summed E-state index contributed by atoms with van der Waals surface area (Å²) in [5.41, 5.74) is 1.22. The Morgan fingerprint density at radius 2 is 1.75 bits per heavy atom. The first-order valence-electron chi connectivity index (χ1n) is 2.45. The van der Waals surface area contributed by atoms with Crippen LogP contribution in [0.1, 0.15) is 0 Å². The SMILES string of the molecule is [SnH][NH]c1ccccc1. The van der Waals surface area contributed by atoms with Crippen molar-refractivity contribution in [3.8, 4) is 0 Å². The Hall–Kier alpha value is -0.181. The molecule has 0 saturated carbocycles. The van der Waals surface area contributed by atoms with Crippen LogP contribution in [0.15, 0.2) is 30.3 Å². The molecule has 40 valence electrons. The van der Waals surface area contributed by atoms with Crippen molar-refractivity contribution in [1.82, 2.24) is 0 Å². The fourth-order valence-corrected chi connectivity index (χ4v) is 1.08. The first kappa shape index (κ1) is 5.95. The predicted molar refractivity (Wildman–Crippen MR) is 37.2 cm³/mol. The number of nitrogens with one attached hydrogen (secondary N) is 1. The van der Waals surface area contributed by atoms with Gasteiger partial charge < -0.3 is 0 Å². The van der Waals surface area contributed by atoms with E-state index in [1.54, 1.807) is 0 Å². The van der Waals surface area contributed by atoms with Gasteiger partial charge in [-0.3, -0.25) is 0 Å². The van der Waals surface area contributed by atoms with E-state index in [1.165, 1.54) is 5.69 Å². The van der Waals surface area contributed by atoms with Gasteiger partial charge in [0.05, 0.1) is 0 Å². The van der Waals surface area contributed by atoms with Crippen LogP contribution < -0.4 is 3.54 Å². The molecule has 0 aromatic heterocycles. The van der Waals surface area contributed by atoms with Crippen LogP contribution in [-0.4, -0.2) is 22.8 Å². The molecule has 0 saturated heterocycles. The summed E-state index contributed by atoms with van der Waals surface area (Å²) in [7, 11) is 0. The normalized spacial score (nSPS) is 8.62. The van der Waals surface area contributed by atoms with E-state index in [4.69, 9.17) is 0 Å². The molecule has 0 spiro atoms. The molecule has 0 bridgehead atoms. The van der Waals surface area contributed by atoms with Crippen molar-refractivity contribution in [1.29, 1.82) is 0 Å². The zero-order valence-corrected chi connectivity index (χ0v) is 7.76. The Kier molecular flexibility index (Phi) is 2.21. The van der Waals surface area contributed by atoms with Crippen LogP contribution in [0.2, 0.25) is 0 Å². The average Bonchev–Trinajstić information content (AvgIpc) is 1.90. The molecule has 8 heavy (non-hydrogen) atoms. The molecule has 0 aliphatic heterocycles. The maximum atomic E-state index is 3.16. The van der Waals surface area contributed by atoms with E-state index in [0.29, 0.717) is 0 Å². The second kappa shape index (κ2) is 2.97. The Morgan fingerprint density at radius 1 is 1.12 bits per heavy atom. The average molecular weight is 212 g/mol. The van der Waals surface area contributed by atoms with Crippen molar-refractivity contribution in [2.24, 2.45) is 0 Å². The fourth-order valence-electron chi connectivity index (χ4n) is 0.534. The zero-order chi connectivity index (χ0) is 5.82. The van der Waals surface area contributed by atoms with Crippen molar-refractivity contribution in [3.63, 3.8) is 0 Å². The van der Waals surface area contributed by atoms with Gasteiger partial charge in [0.25, 0.3) is 0 Å². The minimum absolute atomic E-state index is 1.08. The third kappa shape index (κ3) is 1.40. The third-order valence-corrected chi connectivity index (χ3v) is 1.89. The van der Waals surface area contributed by atoms with Crippen LogP contribution in [-0.2, 0) is 0 Å². The summed E-state index contributed by atoms with van der Waals surface area (Å²) >= 11 is 1.08. The van der Waals surface area contributed by atoms with E-state index in [1.807, 2.05) is 18.2 Å². The van der Waals surface area contributed by atoms with Crippen LogP contribution in [0.25, 0.3) is 0 Å². The molecule has 0 atom stereocenters. The van der Waals surface area contributed by atoms with Gasteiger partial charge in [0, 0.05) is 0 Å². The molecule has 0 amide bonds. The second-order valence-corrected chi connectivity index (χ2v) is 2.33. The van der Waals surface area contributed by atoms with Gasteiger partial charge in [0.2, 0.25) is 0 Å². The van der Waals surface area contributed by atoms with E-state index in [0.717, 1.165) is 22.8 Å². The Balaban J connectivity index is 2.83. The van der Waals surface area contributed by atoms with Crippen molar-refractivity contribution >= 4 is 28.5 Å². The van der Waals surface area contributed by atoms with E-state index in [9.17, 15) is 0 Å². The van der Waals surface area contributed by atoms with Crippen molar-refractivity contribution < 1.29 is 0 Å². The van der Waals surface area contributed by atoms with Gasteiger partial charge in [-0.25, -0.2) is 0 Å². The monoisotopic (exact) mass is 213 g/mol. The van der Waals surface area contributed by atoms with Crippen LogP contribution >= 0.6 is 0 Å². The predicted octanol–water partition coefficient (Wildman–Crippen LogP) is 0.914. The zero-order valence-electron chi connectivity index (χ0n) is 4.46. The van der Waals surface area contributed by atoms with Crippen LogP contribution in [0.5, 0.6) is 0 Å². The molecule has 0 unspecified atom stereocenters. The van der Waals surface area contributed by atoms with Gasteiger partial charge in [-0.1, -0.05) is 0 Å². The molecule has 1 N–H and O–H groups in total. The van der Waals surface area contributed by atoms with Gasteiger partial charge in [0.1, 0.15) is 0 Å². The van der Waals surface area contributed by atoms with Crippen molar-refractivity contribution in [2.45, 2.75) is 0 Å². The molecular formula is C6H7NSn. The maximum absolute atomic E-state index is 3.16. The van der Waals surface area contributed by atoms with Crippen LogP contribution in [0, 0.1) is 0 Å². The molecular weight excluding hydrogens is 205 g/mol. The number of hydrogen-bond donors (Lipinski definition) is 1. The van der Waals surface area contributed by atoms with Crippen molar-refractivity contribution in [2.75, 3.05) is 3.54 Å². The summed E-state index contributed by atoms with van der Waals surface area (Å²) < 4.78 is 3.16. The third-order valence-electron chi connectivity index (χ3n) is 0.940. The number of benzene rings is 1. The van der Waals surface area contributed by atoms with Gasteiger partial charge in [0.15, 0.2) is 0 Å². The van der Waals surface area contributed by atoms with E-state index in [2.05, 4.69) is 15.7 Å². The van der Waals surface area contributed by atoms with Crippen molar-refractivity contribution in [3.05, 3.63) is 30.3 Å². The van der Waals surface area contributed by atoms with E-state index >= 15 is 0 Å². The molecule has 0 heterocycles. The number of para-hydroxylation sites is 1. The Morgan fingerprint density at radius 3 is 2.12 bits per heavy atom. The number of rotatable bonds is 1.